The SMILES string of the molecule is CCCC(C#N)N1CCN(C(C)C(=O)NCC(C)C)CC1. The Kier molecular flexibility index (Phi) is 7.69. The van der Waals surface area contributed by atoms with E-state index in [1.807, 2.05) is 6.92 Å². The lowest BCUT2D eigenvalue weighted by Gasteiger charge is -2.39. The number of hydrogen-bond donors (Lipinski definition) is 1. The summed E-state index contributed by atoms with van der Waals surface area (Å²) in [5, 5.41) is 12.2. The smallest absolute Gasteiger partial charge is 0.237 e. The minimum Gasteiger partial charge on any atom is -0.354 e. The zero-order valence-electron chi connectivity index (χ0n) is 13.9. The number of nitrogens with zero attached hydrogens (tertiary/aromatic N) is 3. The van der Waals surface area contributed by atoms with Gasteiger partial charge in [-0.25, -0.2) is 0 Å². The molecule has 0 radical (unpaired) electrons. The van der Waals surface area contributed by atoms with Crippen molar-refractivity contribution in [2.45, 2.75) is 52.6 Å². The Morgan fingerprint density at radius 3 is 2.24 bits per heavy atom. The number of carbonyl (C=O) groups excluding carboxylic acids is 1. The van der Waals surface area contributed by atoms with Crippen LogP contribution >= 0.6 is 0 Å². The molecule has 1 amide bonds. The molecule has 1 aliphatic heterocycles. The van der Waals surface area contributed by atoms with Gasteiger partial charge < -0.3 is 5.32 Å². The molecule has 1 aliphatic rings. The first-order valence-corrected chi connectivity index (χ1v) is 8.15. The van der Waals surface area contributed by atoms with Crippen LogP contribution in [-0.2, 0) is 4.79 Å². The number of nitriles is 1. The summed E-state index contributed by atoms with van der Waals surface area (Å²) >= 11 is 0. The van der Waals surface area contributed by atoms with Gasteiger partial charge in [-0.15, -0.1) is 0 Å². The van der Waals surface area contributed by atoms with Gasteiger partial charge in [0.25, 0.3) is 0 Å². The van der Waals surface area contributed by atoms with Crippen LogP contribution in [0.3, 0.4) is 0 Å². The Morgan fingerprint density at radius 1 is 1.19 bits per heavy atom. The van der Waals surface area contributed by atoms with Crippen molar-refractivity contribution in [3.63, 3.8) is 0 Å². The van der Waals surface area contributed by atoms with Crippen molar-refractivity contribution in [2.24, 2.45) is 5.92 Å². The maximum atomic E-state index is 12.1. The van der Waals surface area contributed by atoms with E-state index in [4.69, 9.17) is 0 Å². The van der Waals surface area contributed by atoms with Gasteiger partial charge in [-0.1, -0.05) is 27.2 Å². The molecular formula is C16H30N4O. The summed E-state index contributed by atoms with van der Waals surface area (Å²) < 4.78 is 0. The van der Waals surface area contributed by atoms with Crippen molar-refractivity contribution < 1.29 is 4.79 Å². The van der Waals surface area contributed by atoms with Crippen LogP contribution in [0.4, 0.5) is 0 Å². The second-order valence-corrected chi connectivity index (χ2v) is 6.32. The van der Waals surface area contributed by atoms with E-state index < -0.39 is 0 Å². The zero-order valence-corrected chi connectivity index (χ0v) is 13.9. The first-order valence-electron chi connectivity index (χ1n) is 8.15. The largest absolute Gasteiger partial charge is 0.354 e. The summed E-state index contributed by atoms with van der Waals surface area (Å²) in [6.07, 6.45) is 1.97. The molecule has 21 heavy (non-hydrogen) atoms. The molecule has 0 aromatic carbocycles. The van der Waals surface area contributed by atoms with Crippen LogP contribution in [0.25, 0.3) is 0 Å². The molecule has 5 heteroatoms. The van der Waals surface area contributed by atoms with Gasteiger partial charge in [0.05, 0.1) is 18.2 Å². The highest BCUT2D eigenvalue weighted by molar-refractivity contribution is 5.81. The maximum absolute atomic E-state index is 12.1. The Morgan fingerprint density at radius 2 is 1.76 bits per heavy atom. The molecule has 5 nitrogen and oxygen atoms in total. The van der Waals surface area contributed by atoms with Crippen molar-refractivity contribution in [3.8, 4) is 6.07 Å². The molecule has 120 valence electrons. The van der Waals surface area contributed by atoms with Crippen LogP contribution in [0, 0.1) is 17.2 Å². The molecule has 1 rings (SSSR count). The molecule has 0 spiro atoms. The van der Waals surface area contributed by atoms with Crippen molar-refractivity contribution >= 4 is 5.91 Å². The van der Waals surface area contributed by atoms with E-state index in [-0.39, 0.29) is 18.0 Å². The van der Waals surface area contributed by atoms with Crippen LogP contribution in [0.1, 0.15) is 40.5 Å². The van der Waals surface area contributed by atoms with Crippen molar-refractivity contribution in [3.05, 3.63) is 0 Å². The number of rotatable bonds is 7. The fourth-order valence-electron chi connectivity index (χ4n) is 2.66. The molecular weight excluding hydrogens is 264 g/mol. The summed E-state index contributed by atoms with van der Waals surface area (Å²) in [5.41, 5.74) is 0. The zero-order chi connectivity index (χ0) is 15.8. The van der Waals surface area contributed by atoms with Gasteiger partial charge >= 0.3 is 0 Å². The minimum atomic E-state index is -0.0855. The second kappa shape index (κ2) is 9.01. The number of hydrogen-bond acceptors (Lipinski definition) is 4. The quantitative estimate of drug-likeness (QED) is 0.772. The van der Waals surface area contributed by atoms with E-state index in [1.54, 1.807) is 0 Å². The third-order valence-electron chi connectivity index (χ3n) is 4.11. The molecule has 1 N–H and O–H groups in total. The first-order chi connectivity index (χ1) is 9.99. The van der Waals surface area contributed by atoms with Gasteiger partial charge in [-0.3, -0.25) is 14.6 Å². The van der Waals surface area contributed by atoms with Crippen molar-refractivity contribution in [2.75, 3.05) is 32.7 Å². The van der Waals surface area contributed by atoms with E-state index in [9.17, 15) is 10.1 Å². The van der Waals surface area contributed by atoms with E-state index in [1.165, 1.54) is 0 Å². The Labute approximate surface area is 129 Å². The predicted octanol–water partition coefficient (Wildman–Crippen LogP) is 1.46. The lowest BCUT2D eigenvalue weighted by Crippen LogP contribution is -2.55. The molecule has 2 atom stereocenters. The Hall–Kier alpha value is -1.12. The second-order valence-electron chi connectivity index (χ2n) is 6.32. The van der Waals surface area contributed by atoms with Gasteiger partial charge in [-0.2, -0.15) is 5.26 Å². The first kappa shape index (κ1) is 17.9. The normalized spacial score (nSPS) is 20.0. The Balaban J connectivity index is 2.41. The molecule has 2 unspecified atom stereocenters. The van der Waals surface area contributed by atoms with Gasteiger partial charge in [-0.05, 0) is 19.3 Å². The van der Waals surface area contributed by atoms with Gasteiger partial charge in [0.2, 0.25) is 5.91 Å². The van der Waals surface area contributed by atoms with Crippen LogP contribution in [0.5, 0.6) is 0 Å². The monoisotopic (exact) mass is 294 g/mol. The van der Waals surface area contributed by atoms with Gasteiger partial charge in [0.15, 0.2) is 0 Å². The van der Waals surface area contributed by atoms with Crippen LogP contribution < -0.4 is 5.32 Å². The molecule has 0 bridgehead atoms. The van der Waals surface area contributed by atoms with Crippen LogP contribution in [0.2, 0.25) is 0 Å². The average Bonchev–Trinajstić information content (AvgIpc) is 2.49. The van der Waals surface area contributed by atoms with Crippen molar-refractivity contribution in [1.82, 2.24) is 15.1 Å². The molecule has 0 aromatic rings. The molecule has 0 aliphatic carbocycles. The highest BCUT2D eigenvalue weighted by atomic mass is 16.2. The molecule has 0 saturated carbocycles. The molecule has 1 fully saturated rings. The summed E-state index contributed by atoms with van der Waals surface area (Å²) in [5.74, 6) is 0.589. The highest BCUT2D eigenvalue weighted by Gasteiger charge is 2.28. The maximum Gasteiger partial charge on any atom is 0.237 e. The molecule has 1 heterocycles. The summed E-state index contributed by atoms with van der Waals surface area (Å²) in [7, 11) is 0. The summed E-state index contributed by atoms with van der Waals surface area (Å²) in [4.78, 5) is 16.6. The lowest BCUT2D eigenvalue weighted by atomic mass is 10.1. The third kappa shape index (κ3) is 5.64. The van der Waals surface area contributed by atoms with Crippen LogP contribution in [0.15, 0.2) is 0 Å². The fourth-order valence-corrected chi connectivity index (χ4v) is 2.66. The molecule has 0 aromatic heterocycles. The lowest BCUT2D eigenvalue weighted by molar-refractivity contribution is -0.126. The number of nitrogens with one attached hydrogen (secondary N) is 1. The number of amides is 1. The van der Waals surface area contributed by atoms with E-state index in [0.717, 1.165) is 45.6 Å². The summed E-state index contributed by atoms with van der Waals surface area (Å²) in [6, 6.07) is 2.34. The minimum absolute atomic E-state index is 0.0298. The molecule has 1 saturated heterocycles. The van der Waals surface area contributed by atoms with E-state index >= 15 is 0 Å². The van der Waals surface area contributed by atoms with Gasteiger partial charge in [0, 0.05) is 32.7 Å². The summed E-state index contributed by atoms with van der Waals surface area (Å²) in [6.45, 7) is 12.5. The standard InChI is InChI=1S/C16H30N4O/c1-5-6-15(11-17)20-9-7-19(8-10-20)14(4)16(21)18-12-13(2)3/h13-15H,5-10,12H2,1-4H3,(H,18,21). The Bertz CT molecular complexity index is 356. The van der Waals surface area contributed by atoms with E-state index in [2.05, 4.69) is 42.0 Å². The number of carbonyl (C=O) groups is 1. The predicted molar refractivity (Wildman–Crippen MR) is 84.8 cm³/mol. The van der Waals surface area contributed by atoms with Crippen molar-refractivity contribution in [1.29, 1.82) is 5.26 Å². The van der Waals surface area contributed by atoms with Gasteiger partial charge in [0.1, 0.15) is 0 Å². The third-order valence-corrected chi connectivity index (χ3v) is 4.11. The van der Waals surface area contributed by atoms with Crippen LogP contribution in [-0.4, -0.2) is 60.5 Å². The highest BCUT2D eigenvalue weighted by Crippen LogP contribution is 2.12. The fraction of sp³-hybridized carbons (Fsp3) is 0.875. The number of piperazine rings is 1. The average molecular weight is 294 g/mol. The topological polar surface area (TPSA) is 59.4 Å². The van der Waals surface area contributed by atoms with E-state index in [0.29, 0.717) is 5.92 Å².